The van der Waals surface area contributed by atoms with Crippen molar-refractivity contribution in [3.63, 3.8) is 0 Å². The molecule has 1 aliphatic rings. The van der Waals surface area contributed by atoms with Gasteiger partial charge in [-0.3, -0.25) is 4.79 Å². The zero-order chi connectivity index (χ0) is 12.4. The molecule has 1 aromatic heterocycles. The number of thiophene rings is 1. The van der Waals surface area contributed by atoms with Crippen LogP contribution in [-0.4, -0.2) is 11.9 Å². The van der Waals surface area contributed by atoms with Crippen LogP contribution in [0.1, 0.15) is 42.8 Å². The van der Waals surface area contributed by atoms with E-state index in [0.717, 1.165) is 33.3 Å². The van der Waals surface area contributed by atoms with Crippen LogP contribution in [0.25, 0.3) is 0 Å². The summed E-state index contributed by atoms with van der Waals surface area (Å²) in [7, 11) is 0. The van der Waals surface area contributed by atoms with E-state index in [2.05, 4.69) is 35.1 Å². The Hall–Kier alpha value is -0.350. The number of amides is 1. The van der Waals surface area contributed by atoms with Crippen molar-refractivity contribution in [1.29, 1.82) is 0 Å². The lowest BCUT2D eigenvalue weighted by molar-refractivity contribution is 0.0915. The first-order valence-corrected chi connectivity index (χ1v) is 7.71. The molecule has 4 heteroatoms. The lowest BCUT2D eigenvalue weighted by Gasteiger charge is -2.31. The molecule has 0 aromatic carbocycles. The number of halogens is 1. The molecule has 0 aliphatic heterocycles. The molecule has 1 aliphatic carbocycles. The van der Waals surface area contributed by atoms with Crippen molar-refractivity contribution < 1.29 is 4.79 Å². The van der Waals surface area contributed by atoms with Crippen LogP contribution in [0.3, 0.4) is 0 Å². The summed E-state index contributed by atoms with van der Waals surface area (Å²) in [4.78, 5) is 12.8. The molecule has 1 N–H and O–H groups in total. The first kappa shape index (κ1) is 13.1. The summed E-state index contributed by atoms with van der Waals surface area (Å²) in [5.41, 5.74) is 0. The highest BCUT2D eigenvalue weighted by atomic mass is 79.9. The molecular weight excluding hydrogens is 298 g/mol. The molecule has 2 nitrogen and oxygen atoms in total. The van der Waals surface area contributed by atoms with E-state index in [-0.39, 0.29) is 5.91 Å². The second kappa shape index (κ2) is 5.53. The minimum absolute atomic E-state index is 0.0759. The maximum absolute atomic E-state index is 12.0. The summed E-state index contributed by atoms with van der Waals surface area (Å²) in [6, 6.07) is 4.15. The minimum Gasteiger partial charge on any atom is -0.349 e. The third-order valence-electron chi connectivity index (χ3n) is 3.31. The molecule has 1 fully saturated rings. The SMILES string of the molecule is CC1CC(C)CC(NC(=O)c2ccc(Br)s2)C1. The Kier molecular flexibility index (Phi) is 4.26. The number of nitrogens with one attached hydrogen (secondary N) is 1. The van der Waals surface area contributed by atoms with Crippen molar-refractivity contribution in [3.05, 3.63) is 20.8 Å². The van der Waals surface area contributed by atoms with Gasteiger partial charge in [0.05, 0.1) is 8.66 Å². The molecule has 1 saturated carbocycles. The normalized spacial score (nSPS) is 29.0. The Morgan fingerprint density at radius 3 is 2.47 bits per heavy atom. The highest BCUT2D eigenvalue weighted by molar-refractivity contribution is 9.11. The fourth-order valence-electron chi connectivity index (χ4n) is 2.76. The van der Waals surface area contributed by atoms with Crippen LogP contribution in [0, 0.1) is 11.8 Å². The standard InChI is InChI=1S/C13H18BrNOS/c1-8-5-9(2)7-10(6-8)15-13(16)11-3-4-12(14)17-11/h3-4,8-10H,5-7H2,1-2H3,(H,15,16). The monoisotopic (exact) mass is 315 g/mol. The molecule has 2 atom stereocenters. The maximum atomic E-state index is 12.0. The van der Waals surface area contributed by atoms with Crippen molar-refractivity contribution in [2.75, 3.05) is 0 Å². The minimum atomic E-state index is 0.0759. The summed E-state index contributed by atoms with van der Waals surface area (Å²) in [5.74, 6) is 1.52. The Morgan fingerprint density at radius 2 is 1.94 bits per heavy atom. The van der Waals surface area contributed by atoms with E-state index < -0.39 is 0 Å². The topological polar surface area (TPSA) is 29.1 Å². The van der Waals surface area contributed by atoms with Gasteiger partial charge in [0.1, 0.15) is 0 Å². The van der Waals surface area contributed by atoms with E-state index in [9.17, 15) is 4.79 Å². The molecule has 1 aromatic rings. The average molecular weight is 316 g/mol. The van der Waals surface area contributed by atoms with E-state index in [1.165, 1.54) is 17.8 Å². The Morgan fingerprint density at radius 1 is 1.29 bits per heavy atom. The molecule has 0 saturated heterocycles. The van der Waals surface area contributed by atoms with Crippen molar-refractivity contribution in [3.8, 4) is 0 Å². The van der Waals surface area contributed by atoms with E-state index in [4.69, 9.17) is 0 Å². The summed E-state index contributed by atoms with van der Waals surface area (Å²) in [6.07, 6.45) is 3.52. The van der Waals surface area contributed by atoms with Crippen molar-refractivity contribution in [1.82, 2.24) is 5.32 Å². The molecule has 2 rings (SSSR count). The summed E-state index contributed by atoms with van der Waals surface area (Å²) in [6.45, 7) is 4.55. The van der Waals surface area contributed by atoms with Crippen LogP contribution in [0.15, 0.2) is 15.9 Å². The van der Waals surface area contributed by atoms with Gasteiger partial charge in [0.15, 0.2) is 0 Å². The van der Waals surface area contributed by atoms with Crippen LogP contribution in [0.4, 0.5) is 0 Å². The van der Waals surface area contributed by atoms with Crippen LogP contribution >= 0.6 is 27.3 Å². The Labute approximate surface area is 115 Å². The predicted octanol–water partition coefficient (Wildman–Crippen LogP) is 4.07. The molecule has 94 valence electrons. The molecule has 17 heavy (non-hydrogen) atoms. The second-order valence-corrected chi connectivity index (χ2v) is 7.65. The third-order valence-corrected chi connectivity index (χ3v) is 4.93. The molecule has 0 bridgehead atoms. The average Bonchev–Trinajstić information content (AvgIpc) is 2.63. The van der Waals surface area contributed by atoms with Crippen LogP contribution in [0.2, 0.25) is 0 Å². The highest BCUT2D eigenvalue weighted by Crippen LogP contribution is 2.29. The van der Waals surface area contributed by atoms with Gasteiger partial charge in [0.25, 0.3) is 5.91 Å². The van der Waals surface area contributed by atoms with Crippen LogP contribution in [-0.2, 0) is 0 Å². The number of carbonyl (C=O) groups is 1. The van der Waals surface area contributed by atoms with Gasteiger partial charge in [0, 0.05) is 6.04 Å². The highest BCUT2D eigenvalue weighted by Gasteiger charge is 2.25. The van der Waals surface area contributed by atoms with Gasteiger partial charge in [-0.25, -0.2) is 0 Å². The zero-order valence-corrected chi connectivity index (χ0v) is 12.6. The molecule has 2 unspecified atom stereocenters. The summed E-state index contributed by atoms with van der Waals surface area (Å²) in [5, 5.41) is 3.16. The molecule has 1 amide bonds. The third kappa shape index (κ3) is 3.55. The largest absolute Gasteiger partial charge is 0.349 e. The number of hydrogen-bond acceptors (Lipinski definition) is 2. The lowest BCUT2D eigenvalue weighted by Crippen LogP contribution is -2.39. The molecule has 0 radical (unpaired) electrons. The number of hydrogen-bond donors (Lipinski definition) is 1. The van der Waals surface area contributed by atoms with Gasteiger partial charge in [-0.2, -0.15) is 0 Å². The van der Waals surface area contributed by atoms with E-state index in [1.54, 1.807) is 0 Å². The summed E-state index contributed by atoms with van der Waals surface area (Å²) >= 11 is 4.87. The van der Waals surface area contributed by atoms with Gasteiger partial charge in [-0.1, -0.05) is 13.8 Å². The quantitative estimate of drug-likeness (QED) is 0.876. The predicted molar refractivity (Wildman–Crippen MR) is 75.5 cm³/mol. The number of carbonyl (C=O) groups excluding carboxylic acids is 1. The van der Waals surface area contributed by atoms with E-state index in [0.29, 0.717) is 6.04 Å². The maximum Gasteiger partial charge on any atom is 0.261 e. The molecular formula is C13H18BrNOS. The van der Waals surface area contributed by atoms with E-state index in [1.807, 2.05) is 12.1 Å². The fourth-order valence-corrected chi connectivity index (χ4v) is 4.05. The van der Waals surface area contributed by atoms with Crippen LogP contribution < -0.4 is 5.32 Å². The lowest BCUT2D eigenvalue weighted by atomic mass is 9.80. The van der Waals surface area contributed by atoms with Gasteiger partial charge < -0.3 is 5.32 Å². The Bertz CT molecular complexity index is 394. The van der Waals surface area contributed by atoms with Gasteiger partial charge >= 0.3 is 0 Å². The van der Waals surface area contributed by atoms with Gasteiger partial charge in [0.2, 0.25) is 0 Å². The Balaban J connectivity index is 1.94. The van der Waals surface area contributed by atoms with Crippen LogP contribution in [0.5, 0.6) is 0 Å². The first-order valence-electron chi connectivity index (χ1n) is 6.10. The fraction of sp³-hybridized carbons (Fsp3) is 0.615. The second-order valence-electron chi connectivity index (χ2n) is 5.19. The van der Waals surface area contributed by atoms with E-state index >= 15 is 0 Å². The smallest absolute Gasteiger partial charge is 0.261 e. The number of rotatable bonds is 2. The molecule has 1 heterocycles. The van der Waals surface area contributed by atoms with Crippen molar-refractivity contribution >= 4 is 33.2 Å². The van der Waals surface area contributed by atoms with Gasteiger partial charge in [-0.05, 0) is 59.2 Å². The first-order chi connectivity index (χ1) is 8.04. The molecule has 0 spiro atoms. The van der Waals surface area contributed by atoms with Crippen molar-refractivity contribution in [2.45, 2.75) is 39.2 Å². The van der Waals surface area contributed by atoms with Crippen molar-refractivity contribution in [2.24, 2.45) is 11.8 Å². The summed E-state index contributed by atoms with van der Waals surface area (Å²) < 4.78 is 1.01. The van der Waals surface area contributed by atoms with Gasteiger partial charge in [-0.15, -0.1) is 11.3 Å². The zero-order valence-electron chi connectivity index (χ0n) is 10.2.